The van der Waals surface area contributed by atoms with E-state index >= 15 is 0 Å². The number of nitrogens with zero attached hydrogens (tertiary/aromatic N) is 1. The molecule has 0 saturated heterocycles. The van der Waals surface area contributed by atoms with E-state index < -0.39 is 16.4 Å². The molecule has 0 bridgehead atoms. The van der Waals surface area contributed by atoms with Gasteiger partial charge >= 0.3 is 0 Å². The van der Waals surface area contributed by atoms with Gasteiger partial charge in [-0.3, -0.25) is 0 Å². The number of hydrogen-bond acceptors (Lipinski definition) is 2. The van der Waals surface area contributed by atoms with Gasteiger partial charge in [-0.1, -0.05) is 24.3 Å². The van der Waals surface area contributed by atoms with Crippen molar-refractivity contribution in [3.8, 4) is 0 Å². The Kier molecular flexibility index (Phi) is 3.93. The summed E-state index contributed by atoms with van der Waals surface area (Å²) in [6.07, 6.45) is -1.30. The highest BCUT2D eigenvalue weighted by atomic mass is 32.2. The van der Waals surface area contributed by atoms with Crippen molar-refractivity contribution in [3.63, 3.8) is 0 Å². The molecule has 0 atom stereocenters. The van der Waals surface area contributed by atoms with Crippen molar-refractivity contribution in [1.82, 2.24) is 3.97 Å². The second-order valence-electron chi connectivity index (χ2n) is 5.38. The quantitative estimate of drug-likeness (QED) is 0.723. The summed E-state index contributed by atoms with van der Waals surface area (Å²) >= 11 is 0. The van der Waals surface area contributed by atoms with E-state index in [1.165, 1.54) is 22.3 Å². The minimum Gasteiger partial charge on any atom is -0.241 e. The summed E-state index contributed by atoms with van der Waals surface area (Å²) in [5, 5.41) is 0.639. The standard InChI is InChI=1S/C17H15F2NO2S/c1-12-9-13(11-16(18)19)10-14-7-8-20(17(12)14)23(21,22)15-5-3-2-4-6-15/h2-10,16H,11H2,1H3. The van der Waals surface area contributed by atoms with Crippen LogP contribution in [0, 0.1) is 6.92 Å². The molecule has 0 fully saturated rings. The molecule has 23 heavy (non-hydrogen) atoms. The normalized spacial score (nSPS) is 12.2. The molecule has 0 N–H and O–H groups in total. The highest BCUT2D eigenvalue weighted by molar-refractivity contribution is 7.90. The van der Waals surface area contributed by atoms with Crippen LogP contribution in [0.1, 0.15) is 11.1 Å². The number of rotatable bonds is 4. The van der Waals surface area contributed by atoms with Crippen molar-refractivity contribution < 1.29 is 17.2 Å². The molecule has 6 heteroatoms. The van der Waals surface area contributed by atoms with Crippen LogP contribution in [0.15, 0.2) is 59.6 Å². The number of alkyl halides is 2. The Bertz CT molecular complexity index is 947. The lowest BCUT2D eigenvalue weighted by Crippen LogP contribution is -2.12. The van der Waals surface area contributed by atoms with Crippen LogP contribution in [0.4, 0.5) is 8.78 Å². The number of halogens is 2. The molecule has 0 amide bonds. The van der Waals surface area contributed by atoms with Crippen LogP contribution in [-0.4, -0.2) is 18.8 Å². The summed E-state index contributed by atoms with van der Waals surface area (Å²) in [5.74, 6) is 0. The summed E-state index contributed by atoms with van der Waals surface area (Å²) in [4.78, 5) is 0.188. The van der Waals surface area contributed by atoms with E-state index in [-0.39, 0.29) is 11.3 Å². The number of hydrogen-bond donors (Lipinski definition) is 0. The Balaban J connectivity index is 2.17. The average Bonchev–Trinajstić information content (AvgIpc) is 2.92. The molecule has 0 aliphatic carbocycles. The molecule has 0 spiro atoms. The zero-order valence-corrected chi connectivity index (χ0v) is 13.2. The highest BCUT2D eigenvalue weighted by Gasteiger charge is 2.20. The van der Waals surface area contributed by atoms with Crippen molar-refractivity contribution >= 4 is 20.9 Å². The van der Waals surface area contributed by atoms with Gasteiger partial charge in [0.25, 0.3) is 10.0 Å². The van der Waals surface area contributed by atoms with Crippen LogP contribution in [0.5, 0.6) is 0 Å². The van der Waals surface area contributed by atoms with Crippen LogP contribution in [-0.2, 0) is 16.4 Å². The Hall–Kier alpha value is -2.21. The largest absolute Gasteiger partial charge is 0.268 e. The molecule has 1 heterocycles. The number of fused-ring (bicyclic) bond motifs is 1. The fourth-order valence-electron chi connectivity index (χ4n) is 2.74. The second-order valence-corrected chi connectivity index (χ2v) is 7.19. The zero-order chi connectivity index (χ0) is 16.6. The molecule has 0 radical (unpaired) electrons. The smallest absolute Gasteiger partial charge is 0.241 e. The van der Waals surface area contributed by atoms with E-state index in [4.69, 9.17) is 0 Å². The summed E-state index contributed by atoms with van der Waals surface area (Å²) in [6, 6.07) is 13.0. The van der Waals surface area contributed by atoms with Crippen molar-refractivity contribution in [2.24, 2.45) is 0 Å². The van der Waals surface area contributed by atoms with Gasteiger partial charge in [-0.15, -0.1) is 0 Å². The van der Waals surface area contributed by atoms with Crippen molar-refractivity contribution in [2.45, 2.75) is 24.7 Å². The molecule has 0 saturated carbocycles. The van der Waals surface area contributed by atoms with Crippen LogP contribution >= 0.6 is 0 Å². The zero-order valence-electron chi connectivity index (χ0n) is 12.4. The summed E-state index contributed by atoms with van der Waals surface area (Å²) in [6.45, 7) is 1.73. The third-order valence-corrected chi connectivity index (χ3v) is 5.38. The highest BCUT2D eigenvalue weighted by Crippen LogP contribution is 2.27. The molecule has 1 aromatic heterocycles. The van der Waals surface area contributed by atoms with Gasteiger partial charge in [0.2, 0.25) is 6.43 Å². The molecule has 0 unspecified atom stereocenters. The van der Waals surface area contributed by atoms with E-state index in [0.717, 1.165) is 0 Å². The monoisotopic (exact) mass is 335 g/mol. The van der Waals surface area contributed by atoms with Gasteiger partial charge in [0.15, 0.2) is 0 Å². The minimum absolute atomic E-state index is 0.188. The maximum atomic E-state index is 12.8. The first-order valence-electron chi connectivity index (χ1n) is 7.09. The Morgan fingerprint density at radius 1 is 1.09 bits per heavy atom. The predicted molar refractivity (Wildman–Crippen MR) is 85.4 cm³/mol. The van der Waals surface area contributed by atoms with Crippen molar-refractivity contribution in [3.05, 3.63) is 65.9 Å². The molecule has 120 valence electrons. The third-order valence-electron chi connectivity index (χ3n) is 3.69. The van der Waals surface area contributed by atoms with Crippen molar-refractivity contribution in [1.29, 1.82) is 0 Å². The predicted octanol–water partition coefficient (Wildman–Crippen LogP) is 3.99. The van der Waals surface area contributed by atoms with Crippen LogP contribution in [0.25, 0.3) is 10.9 Å². The lowest BCUT2D eigenvalue weighted by Gasteiger charge is -2.10. The lowest BCUT2D eigenvalue weighted by atomic mass is 10.1. The summed E-state index contributed by atoms with van der Waals surface area (Å²) in [7, 11) is -3.71. The number of aromatic nitrogens is 1. The first-order chi connectivity index (χ1) is 10.9. The third kappa shape index (κ3) is 2.86. The maximum absolute atomic E-state index is 12.8. The first-order valence-corrected chi connectivity index (χ1v) is 8.53. The van der Waals surface area contributed by atoms with E-state index in [2.05, 4.69) is 0 Å². The maximum Gasteiger partial charge on any atom is 0.268 e. The minimum atomic E-state index is -3.71. The van der Waals surface area contributed by atoms with Gasteiger partial charge in [0.1, 0.15) is 0 Å². The molecule has 2 aromatic carbocycles. The van der Waals surface area contributed by atoms with E-state index in [9.17, 15) is 17.2 Å². The van der Waals surface area contributed by atoms with Gasteiger partial charge in [0, 0.05) is 18.0 Å². The fraction of sp³-hybridized carbons (Fsp3) is 0.176. The Labute approximate surface area is 133 Å². The molecular weight excluding hydrogens is 320 g/mol. The van der Waals surface area contributed by atoms with Gasteiger partial charge in [-0.2, -0.15) is 0 Å². The van der Waals surface area contributed by atoms with Crippen LogP contribution in [0.3, 0.4) is 0 Å². The molecule has 0 aliphatic rings. The first kappa shape index (κ1) is 15.7. The van der Waals surface area contributed by atoms with Gasteiger partial charge < -0.3 is 0 Å². The van der Waals surface area contributed by atoms with Gasteiger partial charge in [-0.25, -0.2) is 21.2 Å². The van der Waals surface area contributed by atoms with E-state index in [1.54, 1.807) is 43.3 Å². The summed E-state index contributed by atoms with van der Waals surface area (Å²) < 4.78 is 51.9. The average molecular weight is 335 g/mol. The van der Waals surface area contributed by atoms with Gasteiger partial charge in [0.05, 0.1) is 10.4 Å². The SMILES string of the molecule is Cc1cc(CC(F)F)cc2ccn(S(=O)(=O)c3ccccc3)c12. The van der Waals surface area contributed by atoms with Crippen LogP contribution in [0.2, 0.25) is 0 Å². The van der Waals surface area contributed by atoms with E-state index in [1.807, 2.05) is 0 Å². The number of benzene rings is 2. The molecule has 3 aromatic rings. The van der Waals surface area contributed by atoms with E-state index in [0.29, 0.717) is 22.0 Å². The molecular formula is C17H15F2NO2S. The lowest BCUT2D eigenvalue weighted by molar-refractivity contribution is 0.149. The topological polar surface area (TPSA) is 39.1 Å². The van der Waals surface area contributed by atoms with Gasteiger partial charge in [-0.05, 0) is 42.3 Å². The second kappa shape index (κ2) is 5.77. The molecule has 3 nitrogen and oxygen atoms in total. The summed E-state index contributed by atoms with van der Waals surface area (Å²) in [5.41, 5.74) is 1.68. The molecule has 3 rings (SSSR count). The Morgan fingerprint density at radius 3 is 2.43 bits per heavy atom. The molecule has 0 aliphatic heterocycles. The Morgan fingerprint density at radius 2 is 1.78 bits per heavy atom. The number of aryl methyl sites for hydroxylation is 1. The fourth-order valence-corrected chi connectivity index (χ4v) is 4.18. The van der Waals surface area contributed by atoms with Crippen LogP contribution < -0.4 is 0 Å². The van der Waals surface area contributed by atoms with Crippen molar-refractivity contribution in [2.75, 3.05) is 0 Å².